The Kier molecular flexibility index (Phi) is 6.10. The third kappa shape index (κ3) is 5.06. The SMILES string of the molecule is N#CC(=Cc1ccc(OC(F)F)cc1)C(=O)N1CCCCCC1. The number of ether oxygens (including phenoxy) is 1. The van der Waals surface area contributed by atoms with E-state index in [4.69, 9.17) is 0 Å². The van der Waals surface area contributed by atoms with Crippen molar-refractivity contribution in [3.05, 3.63) is 35.4 Å². The smallest absolute Gasteiger partial charge is 0.387 e. The van der Waals surface area contributed by atoms with E-state index in [1.165, 1.54) is 30.3 Å². The first-order valence-corrected chi connectivity index (χ1v) is 7.56. The van der Waals surface area contributed by atoms with Crippen molar-refractivity contribution >= 4 is 12.0 Å². The van der Waals surface area contributed by atoms with Gasteiger partial charge in [0.15, 0.2) is 0 Å². The Hall–Kier alpha value is -2.42. The van der Waals surface area contributed by atoms with Crippen LogP contribution in [0.3, 0.4) is 0 Å². The van der Waals surface area contributed by atoms with Crippen LogP contribution in [0.5, 0.6) is 5.75 Å². The monoisotopic (exact) mass is 320 g/mol. The number of hydrogen-bond acceptors (Lipinski definition) is 3. The molecule has 122 valence electrons. The Morgan fingerprint density at radius 1 is 1.17 bits per heavy atom. The summed E-state index contributed by atoms with van der Waals surface area (Å²) in [4.78, 5) is 14.1. The van der Waals surface area contributed by atoms with Crippen LogP contribution in [-0.2, 0) is 4.79 Å². The molecular formula is C17H18F2N2O2. The number of halogens is 2. The van der Waals surface area contributed by atoms with Crippen LogP contribution in [-0.4, -0.2) is 30.5 Å². The minimum absolute atomic E-state index is 0.0366. The fourth-order valence-corrected chi connectivity index (χ4v) is 2.50. The molecule has 0 bridgehead atoms. The molecule has 1 fully saturated rings. The highest BCUT2D eigenvalue weighted by Crippen LogP contribution is 2.18. The third-order valence-corrected chi connectivity index (χ3v) is 3.66. The normalized spacial score (nSPS) is 15.9. The highest BCUT2D eigenvalue weighted by Gasteiger charge is 2.19. The van der Waals surface area contributed by atoms with E-state index >= 15 is 0 Å². The summed E-state index contributed by atoms with van der Waals surface area (Å²) in [5.41, 5.74) is 0.640. The number of rotatable bonds is 4. The largest absolute Gasteiger partial charge is 0.435 e. The zero-order chi connectivity index (χ0) is 16.7. The average Bonchev–Trinajstić information content (AvgIpc) is 2.82. The molecule has 0 saturated carbocycles. The molecule has 0 aliphatic carbocycles. The molecule has 1 saturated heterocycles. The lowest BCUT2D eigenvalue weighted by molar-refractivity contribution is -0.126. The molecule has 1 aliphatic rings. The van der Waals surface area contributed by atoms with Gasteiger partial charge in [-0.25, -0.2) is 0 Å². The number of carbonyl (C=O) groups is 1. The first kappa shape index (κ1) is 16.9. The zero-order valence-corrected chi connectivity index (χ0v) is 12.7. The Bertz CT molecular complexity index is 598. The van der Waals surface area contributed by atoms with Gasteiger partial charge in [-0.15, -0.1) is 0 Å². The maximum absolute atomic E-state index is 12.4. The number of benzene rings is 1. The minimum Gasteiger partial charge on any atom is -0.435 e. The molecule has 1 heterocycles. The van der Waals surface area contributed by atoms with Gasteiger partial charge in [-0.2, -0.15) is 14.0 Å². The quantitative estimate of drug-likeness (QED) is 0.629. The molecule has 6 heteroatoms. The van der Waals surface area contributed by atoms with Gasteiger partial charge in [-0.1, -0.05) is 25.0 Å². The van der Waals surface area contributed by atoms with Gasteiger partial charge < -0.3 is 9.64 Å². The van der Waals surface area contributed by atoms with Crippen LogP contribution in [0, 0.1) is 11.3 Å². The lowest BCUT2D eigenvalue weighted by atomic mass is 10.1. The highest BCUT2D eigenvalue weighted by atomic mass is 19.3. The summed E-state index contributed by atoms with van der Waals surface area (Å²) in [6.07, 6.45) is 5.57. The number of carbonyl (C=O) groups excluding carboxylic acids is 1. The predicted octanol–water partition coefficient (Wildman–Crippen LogP) is 3.60. The maximum Gasteiger partial charge on any atom is 0.387 e. The fourth-order valence-electron chi connectivity index (χ4n) is 2.50. The van der Waals surface area contributed by atoms with Crippen LogP contribution in [0.15, 0.2) is 29.8 Å². The molecule has 0 atom stereocenters. The van der Waals surface area contributed by atoms with Crippen molar-refractivity contribution in [2.45, 2.75) is 32.3 Å². The molecule has 0 unspecified atom stereocenters. The molecule has 0 aromatic heterocycles. The van der Waals surface area contributed by atoms with Gasteiger partial charge in [-0.05, 0) is 36.6 Å². The maximum atomic E-state index is 12.4. The topological polar surface area (TPSA) is 53.3 Å². The lowest BCUT2D eigenvalue weighted by Crippen LogP contribution is -2.32. The summed E-state index contributed by atoms with van der Waals surface area (Å²) in [5, 5.41) is 9.24. The second-order valence-corrected chi connectivity index (χ2v) is 5.32. The van der Waals surface area contributed by atoms with Gasteiger partial charge in [0.1, 0.15) is 17.4 Å². The van der Waals surface area contributed by atoms with E-state index in [1.54, 1.807) is 4.90 Å². The molecule has 1 aromatic rings. The summed E-state index contributed by atoms with van der Waals surface area (Å²) >= 11 is 0. The van der Waals surface area contributed by atoms with E-state index in [0.29, 0.717) is 18.7 Å². The standard InChI is InChI=1S/C17H18F2N2O2/c18-17(19)23-15-7-5-13(6-8-15)11-14(12-20)16(22)21-9-3-1-2-4-10-21/h5-8,11,17H,1-4,9-10H2. The van der Waals surface area contributed by atoms with Crippen LogP contribution >= 0.6 is 0 Å². The van der Waals surface area contributed by atoms with Crippen LogP contribution in [0.2, 0.25) is 0 Å². The molecule has 0 radical (unpaired) electrons. The van der Waals surface area contributed by atoms with E-state index in [2.05, 4.69) is 4.74 Å². The van der Waals surface area contributed by atoms with Gasteiger partial charge in [0.05, 0.1) is 0 Å². The fraction of sp³-hybridized carbons (Fsp3) is 0.412. The molecule has 1 amide bonds. The molecule has 2 rings (SSSR count). The molecule has 4 nitrogen and oxygen atoms in total. The van der Waals surface area contributed by atoms with E-state index in [0.717, 1.165) is 25.7 Å². The van der Waals surface area contributed by atoms with Crippen LogP contribution in [0.4, 0.5) is 8.78 Å². The molecular weight excluding hydrogens is 302 g/mol. The second kappa shape index (κ2) is 8.28. The van der Waals surface area contributed by atoms with E-state index in [-0.39, 0.29) is 17.2 Å². The Morgan fingerprint density at radius 2 is 1.78 bits per heavy atom. The van der Waals surface area contributed by atoms with Crippen molar-refractivity contribution in [1.82, 2.24) is 4.90 Å². The van der Waals surface area contributed by atoms with Crippen LogP contribution in [0.1, 0.15) is 31.2 Å². The van der Waals surface area contributed by atoms with Crippen molar-refractivity contribution in [1.29, 1.82) is 5.26 Å². The van der Waals surface area contributed by atoms with Gasteiger partial charge in [0.2, 0.25) is 0 Å². The van der Waals surface area contributed by atoms with Gasteiger partial charge in [0.25, 0.3) is 5.91 Å². The van der Waals surface area contributed by atoms with E-state index in [1.807, 2.05) is 6.07 Å². The number of alkyl halides is 2. The number of nitrogens with zero attached hydrogens (tertiary/aromatic N) is 2. The van der Waals surface area contributed by atoms with E-state index < -0.39 is 6.61 Å². The summed E-state index contributed by atoms with van der Waals surface area (Å²) in [5.74, 6) is -0.239. The summed E-state index contributed by atoms with van der Waals surface area (Å²) < 4.78 is 28.5. The second-order valence-electron chi connectivity index (χ2n) is 5.32. The van der Waals surface area contributed by atoms with Crippen molar-refractivity contribution < 1.29 is 18.3 Å². The molecule has 0 spiro atoms. The minimum atomic E-state index is -2.88. The first-order chi connectivity index (χ1) is 11.1. The number of hydrogen-bond donors (Lipinski definition) is 0. The highest BCUT2D eigenvalue weighted by molar-refractivity contribution is 6.01. The summed E-state index contributed by atoms with van der Waals surface area (Å²) in [7, 11) is 0. The Balaban J connectivity index is 2.11. The molecule has 1 aliphatic heterocycles. The summed E-state index contributed by atoms with van der Waals surface area (Å²) in [6.45, 7) is -1.55. The Morgan fingerprint density at radius 3 is 2.30 bits per heavy atom. The van der Waals surface area contributed by atoms with Crippen molar-refractivity contribution in [2.75, 3.05) is 13.1 Å². The predicted molar refractivity (Wildman–Crippen MR) is 81.7 cm³/mol. The van der Waals surface area contributed by atoms with Crippen LogP contribution in [0.25, 0.3) is 6.08 Å². The summed E-state index contributed by atoms with van der Waals surface area (Å²) in [6, 6.07) is 7.76. The number of amides is 1. The number of likely N-dealkylation sites (tertiary alicyclic amines) is 1. The third-order valence-electron chi connectivity index (χ3n) is 3.66. The zero-order valence-electron chi connectivity index (χ0n) is 12.7. The van der Waals surface area contributed by atoms with Crippen LogP contribution < -0.4 is 4.74 Å². The molecule has 1 aromatic carbocycles. The van der Waals surface area contributed by atoms with Crippen molar-refractivity contribution in [3.8, 4) is 11.8 Å². The molecule has 23 heavy (non-hydrogen) atoms. The number of nitriles is 1. The van der Waals surface area contributed by atoms with Crippen molar-refractivity contribution in [2.24, 2.45) is 0 Å². The van der Waals surface area contributed by atoms with Gasteiger partial charge in [0, 0.05) is 13.1 Å². The lowest BCUT2D eigenvalue weighted by Gasteiger charge is -2.19. The van der Waals surface area contributed by atoms with Crippen molar-refractivity contribution in [3.63, 3.8) is 0 Å². The molecule has 0 N–H and O–H groups in total. The van der Waals surface area contributed by atoms with Gasteiger partial charge >= 0.3 is 6.61 Å². The first-order valence-electron chi connectivity index (χ1n) is 7.56. The van der Waals surface area contributed by atoms with Gasteiger partial charge in [-0.3, -0.25) is 4.79 Å². The Labute approximate surface area is 134 Å². The van der Waals surface area contributed by atoms with E-state index in [9.17, 15) is 18.8 Å². The average molecular weight is 320 g/mol.